The van der Waals surface area contributed by atoms with Crippen LogP contribution in [-0.4, -0.2) is 13.0 Å². The minimum absolute atomic E-state index is 0.315. The van der Waals surface area contributed by atoms with Crippen LogP contribution in [0.2, 0.25) is 0 Å². The lowest BCUT2D eigenvalue weighted by Gasteiger charge is -2.21. The van der Waals surface area contributed by atoms with Crippen LogP contribution in [0.15, 0.2) is 48.5 Å². The second kappa shape index (κ2) is 6.55. The zero-order chi connectivity index (χ0) is 15.2. The molecule has 0 saturated heterocycles. The van der Waals surface area contributed by atoms with Crippen LogP contribution in [0.25, 0.3) is 0 Å². The Morgan fingerprint density at radius 2 is 2.05 bits per heavy atom. The zero-order valence-electron chi connectivity index (χ0n) is 11.7. The highest BCUT2D eigenvalue weighted by Gasteiger charge is 2.11. The standard InChI is InChI=1S/C16H16N4O/c1-20(14-7-4-5-12(9-14)10-17)11-13-6-2-3-8-15(13)16(21)19-18/h2-9H,11,18H2,1H3,(H,19,21). The number of carbonyl (C=O) groups excluding carboxylic acids is 1. The van der Waals surface area contributed by atoms with Crippen molar-refractivity contribution in [2.75, 3.05) is 11.9 Å². The van der Waals surface area contributed by atoms with Crippen molar-refractivity contribution in [2.45, 2.75) is 6.54 Å². The molecule has 2 aromatic carbocycles. The van der Waals surface area contributed by atoms with Crippen molar-refractivity contribution in [1.82, 2.24) is 5.43 Å². The Balaban J connectivity index is 2.25. The molecule has 0 fully saturated rings. The number of nitrogens with two attached hydrogens (primary N) is 1. The normalized spacial score (nSPS) is 9.76. The lowest BCUT2D eigenvalue weighted by Crippen LogP contribution is -2.31. The summed E-state index contributed by atoms with van der Waals surface area (Å²) in [4.78, 5) is 13.7. The Morgan fingerprint density at radius 3 is 2.76 bits per heavy atom. The second-order valence-electron chi connectivity index (χ2n) is 4.65. The van der Waals surface area contributed by atoms with Gasteiger partial charge in [0.25, 0.3) is 5.91 Å². The maximum atomic E-state index is 11.8. The van der Waals surface area contributed by atoms with Crippen molar-refractivity contribution in [3.63, 3.8) is 0 Å². The first-order chi connectivity index (χ1) is 10.2. The molecule has 0 saturated carbocycles. The van der Waals surface area contributed by atoms with Gasteiger partial charge < -0.3 is 4.90 Å². The molecule has 0 spiro atoms. The number of nitrogen functional groups attached to an aromatic ring is 1. The molecule has 21 heavy (non-hydrogen) atoms. The number of nitrogens with one attached hydrogen (secondary N) is 1. The fourth-order valence-electron chi connectivity index (χ4n) is 2.12. The molecule has 0 aliphatic rings. The number of hydrazine groups is 1. The fourth-order valence-corrected chi connectivity index (χ4v) is 2.12. The third kappa shape index (κ3) is 3.38. The molecule has 1 amide bonds. The van der Waals surface area contributed by atoms with E-state index in [9.17, 15) is 4.79 Å². The first-order valence-electron chi connectivity index (χ1n) is 6.46. The van der Waals surface area contributed by atoms with Gasteiger partial charge in [0.1, 0.15) is 0 Å². The van der Waals surface area contributed by atoms with Gasteiger partial charge in [-0.3, -0.25) is 10.2 Å². The first kappa shape index (κ1) is 14.6. The molecule has 0 aliphatic heterocycles. The summed E-state index contributed by atoms with van der Waals surface area (Å²) in [7, 11) is 1.91. The Bertz CT molecular complexity index is 691. The van der Waals surface area contributed by atoms with Crippen LogP contribution in [-0.2, 0) is 6.54 Å². The third-order valence-corrected chi connectivity index (χ3v) is 3.22. The molecular formula is C16H16N4O. The Labute approximate surface area is 123 Å². The molecule has 0 heterocycles. The van der Waals surface area contributed by atoms with Crippen LogP contribution in [0.3, 0.4) is 0 Å². The number of hydrogen-bond acceptors (Lipinski definition) is 4. The van der Waals surface area contributed by atoms with Crippen LogP contribution < -0.4 is 16.2 Å². The monoisotopic (exact) mass is 280 g/mol. The largest absolute Gasteiger partial charge is 0.370 e. The number of hydrogen-bond donors (Lipinski definition) is 2. The van der Waals surface area contributed by atoms with E-state index in [1.165, 1.54) is 0 Å². The molecule has 5 nitrogen and oxygen atoms in total. The Kier molecular flexibility index (Phi) is 4.54. The summed E-state index contributed by atoms with van der Waals surface area (Å²) in [5.41, 5.74) is 5.08. The highest BCUT2D eigenvalue weighted by Crippen LogP contribution is 2.18. The summed E-state index contributed by atoms with van der Waals surface area (Å²) in [5.74, 6) is 4.89. The predicted molar refractivity (Wildman–Crippen MR) is 81.4 cm³/mol. The van der Waals surface area contributed by atoms with Crippen molar-refractivity contribution in [1.29, 1.82) is 5.26 Å². The molecule has 0 aromatic heterocycles. The maximum Gasteiger partial charge on any atom is 0.265 e. The quantitative estimate of drug-likeness (QED) is 0.508. The van der Waals surface area contributed by atoms with Gasteiger partial charge in [-0.05, 0) is 29.8 Å². The van der Waals surface area contributed by atoms with E-state index >= 15 is 0 Å². The number of rotatable bonds is 4. The van der Waals surface area contributed by atoms with Gasteiger partial charge in [0, 0.05) is 24.8 Å². The lowest BCUT2D eigenvalue weighted by atomic mass is 10.1. The smallest absolute Gasteiger partial charge is 0.265 e. The molecule has 5 heteroatoms. The number of amides is 1. The lowest BCUT2D eigenvalue weighted by molar-refractivity contribution is 0.0952. The number of benzene rings is 2. The van der Waals surface area contributed by atoms with E-state index in [1.807, 2.05) is 42.3 Å². The van der Waals surface area contributed by atoms with Crippen molar-refractivity contribution in [3.05, 3.63) is 65.2 Å². The van der Waals surface area contributed by atoms with Gasteiger partial charge in [-0.2, -0.15) is 5.26 Å². The van der Waals surface area contributed by atoms with Crippen molar-refractivity contribution in [2.24, 2.45) is 5.84 Å². The summed E-state index contributed by atoms with van der Waals surface area (Å²) < 4.78 is 0. The molecule has 0 unspecified atom stereocenters. The third-order valence-electron chi connectivity index (χ3n) is 3.22. The molecule has 0 aliphatic carbocycles. The molecular weight excluding hydrogens is 264 g/mol. The molecule has 0 radical (unpaired) electrons. The van der Waals surface area contributed by atoms with Gasteiger partial charge in [-0.15, -0.1) is 0 Å². The SMILES string of the molecule is CN(Cc1ccccc1C(=O)NN)c1cccc(C#N)c1. The molecule has 0 atom stereocenters. The van der Waals surface area contributed by atoms with Gasteiger partial charge in [0.15, 0.2) is 0 Å². The zero-order valence-corrected chi connectivity index (χ0v) is 11.7. The van der Waals surface area contributed by atoms with Crippen LogP contribution in [0.1, 0.15) is 21.5 Å². The van der Waals surface area contributed by atoms with Crippen molar-refractivity contribution >= 4 is 11.6 Å². The van der Waals surface area contributed by atoms with E-state index in [4.69, 9.17) is 11.1 Å². The van der Waals surface area contributed by atoms with Crippen LogP contribution in [0.5, 0.6) is 0 Å². The van der Waals surface area contributed by atoms with Gasteiger partial charge in [0.05, 0.1) is 11.6 Å². The maximum absolute atomic E-state index is 11.8. The summed E-state index contributed by atoms with van der Waals surface area (Å²) in [6.07, 6.45) is 0. The van der Waals surface area contributed by atoms with E-state index in [-0.39, 0.29) is 5.91 Å². The summed E-state index contributed by atoms with van der Waals surface area (Å²) >= 11 is 0. The number of nitriles is 1. The molecule has 106 valence electrons. The average molecular weight is 280 g/mol. The van der Waals surface area contributed by atoms with Gasteiger partial charge in [-0.25, -0.2) is 5.84 Å². The summed E-state index contributed by atoms with van der Waals surface area (Å²) in [6, 6.07) is 16.7. The van der Waals surface area contributed by atoms with Crippen LogP contribution in [0.4, 0.5) is 5.69 Å². The van der Waals surface area contributed by atoms with E-state index in [1.54, 1.807) is 18.2 Å². The van der Waals surface area contributed by atoms with E-state index in [0.29, 0.717) is 17.7 Å². The summed E-state index contributed by atoms with van der Waals surface area (Å²) in [6.45, 7) is 0.540. The molecule has 0 bridgehead atoms. The number of nitrogens with zero attached hydrogens (tertiary/aromatic N) is 2. The average Bonchev–Trinajstić information content (AvgIpc) is 2.54. The Hall–Kier alpha value is -2.84. The predicted octanol–water partition coefficient (Wildman–Crippen LogP) is 1.80. The molecule has 2 aromatic rings. The minimum Gasteiger partial charge on any atom is -0.370 e. The van der Waals surface area contributed by atoms with Gasteiger partial charge in [0.2, 0.25) is 0 Å². The fraction of sp³-hybridized carbons (Fsp3) is 0.125. The summed E-state index contributed by atoms with van der Waals surface area (Å²) in [5, 5.41) is 8.95. The number of anilines is 1. The van der Waals surface area contributed by atoms with E-state index < -0.39 is 0 Å². The van der Waals surface area contributed by atoms with Crippen LogP contribution >= 0.6 is 0 Å². The number of carbonyl (C=O) groups is 1. The highest BCUT2D eigenvalue weighted by molar-refractivity contribution is 5.95. The van der Waals surface area contributed by atoms with Gasteiger partial charge >= 0.3 is 0 Å². The van der Waals surface area contributed by atoms with Gasteiger partial charge in [-0.1, -0.05) is 24.3 Å². The highest BCUT2D eigenvalue weighted by atomic mass is 16.2. The van der Waals surface area contributed by atoms with E-state index in [0.717, 1.165) is 11.3 Å². The molecule has 2 rings (SSSR count). The minimum atomic E-state index is -0.315. The Morgan fingerprint density at radius 1 is 1.29 bits per heavy atom. The molecule has 3 N–H and O–H groups in total. The topological polar surface area (TPSA) is 82.2 Å². The first-order valence-corrected chi connectivity index (χ1v) is 6.46. The van der Waals surface area contributed by atoms with Crippen molar-refractivity contribution in [3.8, 4) is 6.07 Å². The van der Waals surface area contributed by atoms with Crippen LogP contribution in [0, 0.1) is 11.3 Å². The van der Waals surface area contributed by atoms with E-state index in [2.05, 4.69) is 11.5 Å². The van der Waals surface area contributed by atoms with Crippen molar-refractivity contribution < 1.29 is 4.79 Å². The second-order valence-corrected chi connectivity index (χ2v) is 4.65.